The van der Waals surface area contributed by atoms with Crippen LogP contribution in [0.3, 0.4) is 0 Å². The summed E-state index contributed by atoms with van der Waals surface area (Å²) >= 11 is 0. The van der Waals surface area contributed by atoms with Crippen LogP contribution in [-0.2, 0) is 11.3 Å². The molecule has 0 spiro atoms. The van der Waals surface area contributed by atoms with Gasteiger partial charge >= 0.3 is 0 Å². The van der Waals surface area contributed by atoms with Gasteiger partial charge in [0.05, 0.1) is 6.54 Å². The van der Waals surface area contributed by atoms with Gasteiger partial charge in [0.25, 0.3) is 0 Å². The normalized spacial score (nSPS) is 11.2. The molecule has 0 fully saturated rings. The summed E-state index contributed by atoms with van der Waals surface area (Å²) in [6, 6.07) is 3.77. The van der Waals surface area contributed by atoms with Gasteiger partial charge in [0.1, 0.15) is 0 Å². The third-order valence-electron chi connectivity index (χ3n) is 2.02. The fourth-order valence-corrected chi connectivity index (χ4v) is 1.11. The molecule has 0 atom stereocenters. The van der Waals surface area contributed by atoms with Crippen LogP contribution in [0.15, 0.2) is 24.5 Å². The first-order valence-electron chi connectivity index (χ1n) is 5.38. The molecule has 0 radical (unpaired) electrons. The third-order valence-corrected chi connectivity index (χ3v) is 2.02. The van der Waals surface area contributed by atoms with Gasteiger partial charge in [-0.05, 0) is 38.5 Å². The Bertz CT molecular complexity index is 330. The van der Waals surface area contributed by atoms with E-state index in [2.05, 4.69) is 15.6 Å². The van der Waals surface area contributed by atoms with Gasteiger partial charge in [-0.2, -0.15) is 0 Å². The lowest BCUT2D eigenvalue weighted by Gasteiger charge is -2.19. The largest absolute Gasteiger partial charge is 0.351 e. The molecule has 0 saturated heterocycles. The highest BCUT2D eigenvalue weighted by Crippen LogP contribution is 1.97. The number of nitrogens with one attached hydrogen (secondary N) is 2. The minimum Gasteiger partial charge on any atom is -0.351 e. The Hall–Kier alpha value is -1.42. The van der Waals surface area contributed by atoms with Crippen molar-refractivity contribution in [3.8, 4) is 0 Å². The highest BCUT2D eigenvalue weighted by atomic mass is 16.1. The average Bonchev–Trinajstić information content (AvgIpc) is 2.24. The highest BCUT2D eigenvalue weighted by molar-refractivity contribution is 5.78. The first-order chi connectivity index (χ1) is 7.47. The molecule has 4 heteroatoms. The van der Waals surface area contributed by atoms with Gasteiger partial charge in [-0.3, -0.25) is 9.78 Å². The van der Waals surface area contributed by atoms with Crippen LogP contribution in [0, 0.1) is 0 Å². The van der Waals surface area contributed by atoms with Crippen LogP contribution in [0.1, 0.15) is 26.3 Å². The molecule has 1 amide bonds. The number of pyridine rings is 1. The molecule has 0 saturated carbocycles. The fraction of sp³-hybridized carbons (Fsp3) is 0.500. The van der Waals surface area contributed by atoms with E-state index in [1.54, 1.807) is 12.4 Å². The summed E-state index contributed by atoms with van der Waals surface area (Å²) in [7, 11) is 0. The van der Waals surface area contributed by atoms with E-state index in [1.807, 2.05) is 32.9 Å². The Morgan fingerprint density at radius 1 is 1.31 bits per heavy atom. The van der Waals surface area contributed by atoms with Crippen molar-refractivity contribution < 1.29 is 4.79 Å². The van der Waals surface area contributed by atoms with Gasteiger partial charge in [0.2, 0.25) is 5.91 Å². The fourth-order valence-electron chi connectivity index (χ4n) is 1.11. The molecule has 1 aromatic rings. The van der Waals surface area contributed by atoms with E-state index in [0.717, 1.165) is 5.56 Å². The van der Waals surface area contributed by atoms with Crippen molar-refractivity contribution in [2.24, 2.45) is 0 Å². The highest BCUT2D eigenvalue weighted by Gasteiger charge is 2.10. The summed E-state index contributed by atoms with van der Waals surface area (Å²) in [5.74, 6) is 0.00624. The van der Waals surface area contributed by atoms with E-state index in [4.69, 9.17) is 0 Å². The summed E-state index contributed by atoms with van der Waals surface area (Å²) in [5.41, 5.74) is 1.02. The van der Waals surface area contributed by atoms with E-state index in [-0.39, 0.29) is 11.4 Å². The zero-order valence-electron chi connectivity index (χ0n) is 10.1. The predicted molar refractivity (Wildman–Crippen MR) is 63.8 cm³/mol. The van der Waals surface area contributed by atoms with Crippen LogP contribution in [0.25, 0.3) is 0 Å². The van der Waals surface area contributed by atoms with Crippen LogP contribution in [0.5, 0.6) is 0 Å². The third kappa shape index (κ3) is 5.46. The lowest BCUT2D eigenvalue weighted by Crippen LogP contribution is -2.43. The number of hydrogen-bond acceptors (Lipinski definition) is 3. The molecule has 16 heavy (non-hydrogen) atoms. The zero-order valence-corrected chi connectivity index (χ0v) is 10.1. The summed E-state index contributed by atoms with van der Waals surface area (Å²) < 4.78 is 0. The quantitative estimate of drug-likeness (QED) is 0.800. The number of rotatable bonds is 4. The number of hydrogen-bond donors (Lipinski definition) is 2. The lowest BCUT2D eigenvalue weighted by molar-refractivity contribution is -0.120. The zero-order chi connectivity index (χ0) is 12.0. The molecule has 0 aliphatic carbocycles. The molecule has 2 N–H and O–H groups in total. The first kappa shape index (κ1) is 12.6. The van der Waals surface area contributed by atoms with Crippen LogP contribution in [0.2, 0.25) is 0 Å². The standard InChI is InChI=1S/C12H19N3O/c1-12(2,3)15-9-11(16)14-8-10-4-6-13-7-5-10/h4-7,15H,8-9H2,1-3H3,(H,14,16). The Morgan fingerprint density at radius 2 is 1.94 bits per heavy atom. The molecular weight excluding hydrogens is 202 g/mol. The second-order valence-electron chi connectivity index (χ2n) is 4.74. The van der Waals surface area contributed by atoms with Crippen LogP contribution >= 0.6 is 0 Å². The Balaban J connectivity index is 2.26. The molecule has 1 rings (SSSR count). The predicted octanol–water partition coefficient (Wildman–Crippen LogP) is 1.09. The van der Waals surface area contributed by atoms with Crippen molar-refractivity contribution in [3.63, 3.8) is 0 Å². The molecule has 0 aliphatic rings. The van der Waals surface area contributed by atoms with E-state index < -0.39 is 0 Å². The maximum absolute atomic E-state index is 11.5. The minimum absolute atomic E-state index is 0.00624. The van der Waals surface area contributed by atoms with Gasteiger partial charge < -0.3 is 10.6 Å². The van der Waals surface area contributed by atoms with Crippen LogP contribution in [-0.4, -0.2) is 23.0 Å². The van der Waals surface area contributed by atoms with Crippen molar-refractivity contribution in [1.29, 1.82) is 0 Å². The van der Waals surface area contributed by atoms with Gasteiger partial charge in [-0.15, -0.1) is 0 Å². The van der Waals surface area contributed by atoms with Gasteiger partial charge in [-0.25, -0.2) is 0 Å². The number of carbonyl (C=O) groups excluding carboxylic acids is 1. The summed E-state index contributed by atoms with van der Waals surface area (Å²) in [5, 5.41) is 5.98. The van der Waals surface area contributed by atoms with Gasteiger partial charge in [-0.1, -0.05) is 0 Å². The SMILES string of the molecule is CC(C)(C)NCC(=O)NCc1ccncc1. The monoisotopic (exact) mass is 221 g/mol. The van der Waals surface area contributed by atoms with Crippen molar-refractivity contribution in [2.45, 2.75) is 32.9 Å². The smallest absolute Gasteiger partial charge is 0.234 e. The molecule has 0 unspecified atom stereocenters. The summed E-state index contributed by atoms with van der Waals surface area (Å²) in [4.78, 5) is 15.4. The molecule has 0 aromatic carbocycles. The van der Waals surface area contributed by atoms with E-state index >= 15 is 0 Å². The van der Waals surface area contributed by atoms with E-state index in [1.165, 1.54) is 0 Å². The van der Waals surface area contributed by atoms with Gasteiger partial charge in [0, 0.05) is 24.5 Å². The molecule has 1 heterocycles. The number of nitrogens with zero attached hydrogens (tertiary/aromatic N) is 1. The van der Waals surface area contributed by atoms with Crippen molar-refractivity contribution in [1.82, 2.24) is 15.6 Å². The topological polar surface area (TPSA) is 54.0 Å². The lowest BCUT2D eigenvalue weighted by atomic mass is 10.1. The maximum Gasteiger partial charge on any atom is 0.234 e. The summed E-state index contributed by atoms with van der Waals surface area (Å²) in [6.45, 7) is 6.98. The number of amides is 1. The maximum atomic E-state index is 11.5. The molecule has 88 valence electrons. The van der Waals surface area contributed by atoms with Crippen molar-refractivity contribution in [3.05, 3.63) is 30.1 Å². The Kier molecular flexibility index (Phi) is 4.43. The molecule has 0 bridgehead atoms. The van der Waals surface area contributed by atoms with Crippen molar-refractivity contribution in [2.75, 3.05) is 6.54 Å². The number of aromatic nitrogens is 1. The molecule has 0 aliphatic heterocycles. The van der Waals surface area contributed by atoms with Gasteiger partial charge in [0.15, 0.2) is 0 Å². The molecule has 1 aromatic heterocycles. The second kappa shape index (κ2) is 5.61. The van der Waals surface area contributed by atoms with Crippen LogP contribution in [0.4, 0.5) is 0 Å². The number of carbonyl (C=O) groups is 1. The molecular formula is C12H19N3O. The summed E-state index contributed by atoms with van der Waals surface area (Å²) in [6.07, 6.45) is 3.43. The van der Waals surface area contributed by atoms with Crippen molar-refractivity contribution >= 4 is 5.91 Å². The van der Waals surface area contributed by atoms with E-state index in [9.17, 15) is 4.79 Å². The Labute approximate surface area is 96.5 Å². The molecule has 4 nitrogen and oxygen atoms in total. The second-order valence-corrected chi connectivity index (χ2v) is 4.74. The average molecular weight is 221 g/mol. The van der Waals surface area contributed by atoms with Crippen LogP contribution < -0.4 is 10.6 Å². The van der Waals surface area contributed by atoms with E-state index in [0.29, 0.717) is 13.1 Å². The Morgan fingerprint density at radius 3 is 2.50 bits per heavy atom. The minimum atomic E-state index is -0.0337. The first-order valence-corrected chi connectivity index (χ1v) is 5.38.